The summed E-state index contributed by atoms with van der Waals surface area (Å²) in [6.07, 6.45) is 0.618. The van der Waals surface area contributed by atoms with Gasteiger partial charge in [0.2, 0.25) is 0 Å². The van der Waals surface area contributed by atoms with E-state index >= 15 is 0 Å². The van der Waals surface area contributed by atoms with Crippen LogP contribution in [0.4, 0.5) is 0 Å². The van der Waals surface area contributed by atoms with Gasteiger partial charge in [-0.1, -0.05) is 6.92 Å². The van der Waals surface area contributed by atoms with Crippen molar-refractivity contribution < 1.29 is 19.0 Å². The minimum absolute atomic E-state index is 0.266. The number of carbonyl (C=O) groups is 1. The molecule has 1 unspecified atom stereocenters. The molecule has 0 spiro atoms. The van der Waals surface area contributed by atoms with Gasteiger partial charge in [0, 0.05) is 12.1 Å². The normalized spacial score (nSPS) is 12.2. The fraction of sp³-hybridized carbons (Fsp3) is 0.467. The van der Waals surface area contributed by atoms with Crippen molar-refractivity contribution in [3.8, 4) is 11.5 Å². The highest BCUT2D eigenvalue weighted by Crippen LogP contribution is 2.32. The number of nitrogens with one attached hydrogen (secondary N) is 1. The summed E-state index contributed by atoms with van der Waals surface area (Å²) in [5.41, 5.74) is 1.52. The molecule has 1 aromatic heterocycles. The Balaban J connectivity index is 2.44. The molecule has 0 amide bonds. The summed E-state index contributed by atoms with van der Waals surface area (Å²) in [6.45, 7) is 4.08. The van der Waals surface area contributed by atoms with Gasteiger partial charge in [-0.05, 0) is 13.3 Å². The van der Waals surface area contributed by atoms with E-state index in [4.69, 9.17) is 14.2 Å². The largest absolute Gasteiger partial charge is 0.493 e. The lowest BCUT2D eigenvalue weighted by Crippen LogP contribution is -2.16. The molecule has 114 valence electrons. The van der Waals surface area contributed by atoms with E-state index in [1.807, 2.05) is 13.0 Å². The van der Waals surface area contributed by atoms with Gasteiger partial charge < -0.3 is 19.2 Å². The number of aromatic nitrogens is 2. The fourth-order valence-electron chi connectivity index (χ4n) is 2.24. The van der Waals surface area contributed by atoms with Gasteiger partial charge >= 0.3 is 5.97 Å². The number of methoxy groups -OCH3 is 2. The molecule has 1 N–H and O–H groups in total. The Bertz CT molecular complexity index is 595. The smallest absolute Gasteiger partial charge is 0.316 e. The maximum Gasteiger partial charge on any atom is 0.316 e. The average Bonchev–Trinajstić information content (AvgIpc) is 2.88. The first-order valence-electron chi connectivity index (χ1n) is 6.92. The molecule has 0 aliphatic rings. The number of aromatic amines is 1. The van der Waals surface area contributed by atoms with Gasteiger partial charge in [-0.2, -0.15) is 0 Å². The highest BCUT2D eigenvalue weighted by molar-refractivity contribution is 5.82. The molecule has 2 rings (SSSR count). The van der Waals surface area contributed by atoms with Gasteiger partial charge in [-0.3, -0.25) is 4.79 Å². The van der Waals surface area contributed by atoms with Gasteiger partial charge in [0.1, 0.15) is 11.7 Å². The number of rotatable bonds is 6. The Morgan fingerprint density at radius 2 is 1.90 bits per heavy atom. The van der Waals surface area contributed by atoms with Crippen LogP contribution in [0.3, 0.4) is 0 Å². The molecule has 0 bridgehead atoms. The Morgan fingerprint density at radius 1 is 1.24 bits per heavy atom. The lowest BCUT2D eigenvalue weighted by Gasteiger charge is -2.10. The van der Waals surface area contributed by atoms with E-state index in [2.05, 4.69) is 9.97 Å². The van der Waals surface area contributed by atoms with Crippen LogP contribution < -0.4 is 9.47 Å². The molecule has 0 aliphatic heterocycles. The number of fused-ring (bicyclic) bond motifs is 1. The summed E-state index contributed by atoms with van der Waals surface area (Å²) >= 11 is 0. The first kappa shape index (κ1) is 15.2. The van der Waals surface area contributed by atoms with Crippen LogP contribution in [0.5, 0.6) is 11.5 Å². The highest BCUT2D eigenvalue weighted by atomic mass is 16.5. The summed E-state index contributed by atoms with van der Waals surface area (Å²) in [5.74, 6) is 1.16. The molecule has 6 heteroatoms. The zero-order chi connectivity index (χ0) is 15.4. The molecule has 0 radical (unpaired) electrons. The Morgan fingerprint density at radius 3 is 2.48 bits per heavy atom. The second kappa shape index (κ2) is 6.47. The summed E-state index contributed by atoms with van der Waals surface area (Å²) in [5, 5.41) is 0. The number of nitrogens with zero attached hydrogens (tertiary/aromatic N) is 1. The van der Waals surface area contributed by atoms with Gasteiger partial charge in [0.05, 0.1) is 31.9 Å². The predicted molar refractivity (Wildman–Crippen MR) is 78.9 cm³/mol. The second-order valence-corrected chi connectivity index (χ2v) is 4.56. The molecule has 0 fully saturated rings. The van der Waals surface area contributed by atoms with Crippen LogP contribution in [-0.2, 0) is 9.53 Å². The monoisotopic (exact) mass is 292 g/mol. The van der Waals surface area contributed by atoms with Crippen LogP contribution in [0, 0.1) is 0 Å². The third kappa shape index (κ3) is 2.94. The summed E-state index contributed by atoms with van der Waals surface area (Å²) in [7, 11) is 3.15. The van der Waals surface area contributed by atoms with Crippen LogP contribution in [0.15, 0.2) is 12.1 Å². The number of H-pyrrole nitrogens is 1. The Hall–Kier alpha value is -2.24. The van der Waals surface area contributed by atoms with Crippen molar-refractivity contribution in [3.05, 3.63) is 18.0 Å². The molecular formula is C15H20N2O4. The van der Waals surface area contributed by atoms with Crippen LogP contribution >= 0.6 is 0 Å². The second-order valence-electron chi connectivity index (χ2n) is 4.56. The maximum absolute atomic E-state index is 12.0. The SMILES string of the molecule is CCOC(=O)C(CC)c1nc2cc(OC)c(OC)cc2[nH]1. The third-order valence-electron chi connectivity index (χ3n) is 3.31. The van der Waals surface area contributed by atoms with Gasteiger partial charge in [-0.15, -0.1) is 0 Å². The van der Waals surface area contributed by atoms with E-state index in [1.165, 1.54) is 0 Å². The van der Waals surface area contributed by atoms with Crippen molar-refractivity contribution in [2.45, 2.75) is 26.2 Å². The Kier molecular flexibility index (Phi) is 4.67. The maximum atomic E-state index is 12.0. The number of benzene rings is 1. The molecule has 0 saturated carbocycles. The molecule has 2 aromatic rings. The van der Waals surface area contributed by atoms with E-state index in [0.29, 0.717) is 30.4 Å². The van der Waals surface area contributed by atoms with Crippen LogP contribution in [0.25, 0.3) is 11.0 Å². The van der Waals surface area contributed by atoms with Crippen molar-refractivity contribution in [1.29, 1.82) is 0 Å². The lowest BCUT2D eigenvalue weighted by atomic mass is 10.1. The van der Waals surface area contributed by atoms with Gasteiger partial charge in [-0.25, -0.2) is 4.98 Å². The number of hydrogen-bond acceptors (Lipinski definition) is 5. The van der Waals surface area contributed by atoms with E-state index in [0.717, 1.165) is 11.0 Å². The molecule has 0 aliphatic carbocycles. The highest BCUT2D eigenvalue weighted by Gasteiger charge is 2.24. The molecule has 0 saturated heterocycles. The third-order valence-corrected chi connectivity index (χ3v) is 3.31. The van der Waals surface area contributed by atoms with Crippen molar-refractivity contribution in [2.75, 3.05) is 20.8 Å². The zero-order valence-corrected chi connectivity index (χ0v) is 12.7. The number of imidazole rings is 1. The average molecular weight is 292 g/mol. The van der Waals surface area contributed by atoms with Crippen molar-refractivity contribution in [1.82, 2.24) is 9.97 Å². The van der Waals surface area contributed by atoms with Crippen LogP contribution in [0.1, 0.15) is 32.0 Å². The summed E-state index contributed by atoms with van der Waals surface area (Å²) in [6, 6.07) is 3.59. The number of carbonyl (C=O) groups excluding carboxylic acids is 1. The minimum atomic E-state index is -0.394. The Labute approximate surface area is 123 Å². The predicted octanol–water partition coefficient (Wildman–Crippen LogP) is 2.64. The molecule has 1 aromatic carbocycles. The van der Waals surface area contributed by atoms with E-state index < -0.39 is 5.92 Å². The number of ether oxygens (including phenoxy) is 3. The fourth-order valence-corrected chi connectivity index (χ4v) is 2.24. The zero-order valence-electron chi connectivity index (χ0n) is 12.7. The molecule has 21 heavy (non-hydrogen) atoms. The first-order valence-corrected chi connectivity index (χ1v) is 6.92. The standard InChI is InChI=1S/C15H20N2O4/c1-5-9(15(18)21-6-2)14-16-10-7-12(19-3)13(20-4)8-11(10)17-14/h7-9H,5-6H2,1-4H3,(H,16,17). The molecule has 1 heterocycles. The van der Waals surface area contributed by atoms with Crippen molar-refractivity contribution in [3.63, 3.8) is 0 Å². The quantitative estimate of drug-likeness (QED) is 0.828. The molecule has 1 atom stereocenters. The molecule has 6 nitrogen and oxygen atoms in total. The minimum Gasteiger partial charge on any atom is -0.493 e. The van der Waals surface area contributed by atoms with E-state index in [9.17, 15) is 4.79 Å². The van der Waals surface area contributed by atoms with Crippen LogP contribution in [0.2, 0.25) is 0 Å². The number of hydrogen-bond donors (Lipinski definition) is 1. The van der Waals surface area contributed by atoms with Crippen LogP contribution in [-0.4, -0.2) is 36.8 Å². The topological polar surface area (TPSA) is 73.4 Å². The van der Waals surface area contributed by atoms with E-state index in [1.54, 1.807) is 27.2 Å². The van der Waals surface area contributed by atoms with Crippen molar-refractivity contribution in [2.24, 2.45) is 0 Å². The molecular weight excluding hydrogens is 272 g/mol. The summed E-state index contributed by atoms with van der Waals surface area (Å²) < 4.78 is 15.6. The lowest BCUT2D eigenvalue weighted by molar-refractivity contribution is -0.145. The number of esters is 1. The summed E-state index contributed by atoms with van der Waals surface area (Å²) in [4.78, 5) is 19.6. The van der Waals surface area contributed by atoms with E-state index in [-0.39, 0.29) is 5.97 Å². The van der Waals surface area contributed by atoms with Gasteiger partial charge in [0.25, 0.3) is 0 Å². The first-order chi connectivity index (χ1) is 10.1. The van der Waals surface area contributed by atoms with Gasteiger partial charge in [0.15, 0.2) is 11.5 Å². The van der Waals surface area contributed by atoms with Crippen molar-refractivity contribution >= 4 is 17.0 Å².